The maximum atomic E-state index is 5.67. The van der Waals surface area contributed by atoms with E-state index in [-0.39, 0.29) is 0 Å². The predicted octanol–water partition coefficient (Wildman–Crippen LogP) is 2.27. The molecule has 17 heavy (non-hydrogen) atoms. The molecule has 4 nitrogen and oxygen atoms in total. The third-order valence-electron chi connectivity index (χ3n) is 3.24. The molecule has 1 aliphatic rings. The van der Waals surface area contributed by atoms with Crippen LogP contribution in [0.3, 0.4) is 0 Å². The molecule has 0 aliphatic carbocycles. The molecule has 1 aliphatic heterocycles. The molecule has 1 aromatic rings. The first-order chi connectivity index (χ1) is 8.24. The molecule has 0 radical (unpaired) electrons. The molecule has 1 saturated heterocycles. The van der Waals surface area contributed by atoms with Crippen molar-refractivity contribution in [3.8, 4) is 0 Å². The molecule has 94 valence electrons. The van der Waals surface area contributed by atoms with Crippen molar-refractivity contribution < 1.29 is 0 Å². The van der Waals surface area contributed by atoms with E-state index in [2.05, 4.69) is 27.3 Å². The van der Waals surface area contributed by atoms with E-state index in [1.165, 1.54) is 25.9 Å². The summed E-state index contributed by atoms with van der Waals surface area (Å²) in [5.74, 6) is 1.68. The van der Waals surface area contributed by atoms with Crippen LogP contribution in [0.4, 0.5) is 5.82 Å². The molecule has 0 aromatic carbocycles. The number of halogens is 1. The maximum Gasteiger partial charge on any atom is 0.151 e. The molecule has 0 saturated carbocycles. The number of nitrogens with zero attached hydrogens (tertiary/aromatic N) is 3. The Hall–Kier alpha value is -0.870. The zero-order chi connectivity index (χ0) is 12.1. The van der Waals surface area contributed by atoms with Crippen LogP contribution in [-0.4, -0.2) is 41.3 Å². The van der Waals surface area contributed by atoms with Gasteiger partial charge in [-0.3, -0.25) is 0 Å². The van der Waals surface area contributed by atoms with E-state index in [0.717, 1.165) is 24.8 Å². The number of likely N-dealkylation sites (tertiary alicyclic amines) is 1. The summed E-state index contributed by atoms with van der Waals surface area (Å²) >= 11 is 5.67. The van der Waals surface area contributed by atoms with Crippen molar-refractivity contribution in [2.75, 3.05) is 31.5 Å². The second-order valence-corrected chi connectivity index (χ2v) is 5.08. The normalized spacial score (nSPS) is 18.2. The van der Waals surface area contributed by atoms with Crippen LogP contribution < -0.4 is 5.32 Å². The van der Waals surface area contributed by atoms with Crippen molar-refractivity contribution in [3.63, 3.8) is 0 Å². The lowest BCUT2D eigenvalue weighted by Gasteiger charge is -2.30. The van der Waals surface area contributed by atoms with Gasteiger partial charge in [-0.15, -0.1) is 10.2 Å². The lowest BCUT2D eigenvalue weighted by Crippen LogP contribution is -2.36. The zero-order valence-corrected chi connectivity index (χ0v) is 11.0. The Morgan fingerprint density at radius 3 is 2.76 bits per heavy atom. The van der Waals surface area contributed by atoms with Gasteiger partial charge in [0.15, 0.2) is 5.15 Å². The monoisotopic (exact) mass is 254 g/mol. The van der Waals surface area contributed by atoms with Gasteiger partial charge in [0.05, 0.1) is 0 Å². The fourth-order valence-electron chi connectivity index (χ4n) is 2.04. The molecular weight excluding hydrogens is 236 g/mol. The predicted molar refractivity (Wildman–Crippen MR) is 70.4 cm³/mol. The molecule has 2 heterocycles. The van der Waals surface area contributed by atoms with Crippen molar-refractivity contribution >= 4 is 17.4 Å². The van der Waals surface area contributed by atoms with Crippen LogP contribution in [0.5, 0.6) is 0 Å². The molecule has 0 bridgehead atoms. The first kappa shape index (κ1) is 12.6. The van der Waals surface area contributed by atoms with Crippen molar-refractivity contribution in [2.24, 2.45) is 5.92 Å². The van der Waals surface area contributed by atoms with Gasteiger partial charge in [-0.1, -0.05) is 18.5 Å². The molecule has 0 amide bonds. The minimum absolute atomic E-state index is 0.431. The minimum Gasteiger partial charge on any atom is -0.367 e. The fraction of sp³-hybridized carbons (Fsp3) is 0.667. The Kier molecular flexibility index (Phi) is 4.57. The van der Waals surface area contributed by atoms with Gasteiger partial charge in [-0.25, -0.2) is 0 Å². The Morgan fingerprint density at radius 2 is 2.12 bits per heavy atom. The molecular formula is C12H19ClN4. The summed E-state index contributed by atoms with van der Waals surface area (Å²) in [7, 11) is 0. The maximum absolute atomic E-state index is 5.67. The summed E-state index contributed by atoms with van der Waals surface area (Å²) in [6.07, 6.45) is 2.64. The summed E-state index contributed by atoms with van der Waals surface area (Å²) in [5.41, 5.74) is 0. The molecule has 0 atom stereocenters. The summed E-state index contributed by atoms with van der Waals surface area (Å²) in [4.78, 5) is 2.50. The van der Waals surface area contributed by atoms with Crippen molar-refractivity contribution in [1.82, 2.24) is 15.1 Å². The topological polar surface area (TPSA) is 41.0 Å². The van der Waals surface area contributed by atoms with Gasteiger partial charge in [-0.2, -0.15) is 0 Å². The SMILES string of the molecule is CC1CCN(CCNc2ccc(Cl)nn2)CC1. The number of rotatable bonds is 4. The number of aromatic nitrogens is 2. The largest absolute Gasteiger partial charge is 0.367 e. The average Bonchev–Trinajstić information content (AvgIpc) is 2.34. The van der Waals surface area contributed by atoms with Gasteiger partial charge in [0.1, 0.15) is 5.82 Å². The quantitative estimate of drug-likeness (QED) is 0.895. The van der Waals surface area contributed by atoms with Gasteiger partial charge < -0.3 is 10.2 Å². The zero-order valence-electron chi connectivity index (χ0n) is 10.2. The van der Waals surface area contributed by atoms with E-state index in [4.69, 9.17) is 11.6 Å². The minimum atomic E-state index is 0.431. The molecule has 2 rings (SSSR count). The second-order valence-electron chi connectivity index (χ2n) is 4.69. The third kappa shape index (κ3) is 4.13. The molecule has 0 unspecified atom stereocenters. The summed E-state index contributed by atoms with van der Waals surface area (Å²) in [5, 5.41) is 11.4. The van der Waals surface area contributed by atoms with Crippen molar-refractivity contribution in [1.29, 1.82) is 0 Å². The number of piperidine rings is 1. The van der Waals surface area contributed by atoms with E-state index >= 15 is 0 Å². The number of nitrogens with one attached hydrogen (secondary N) is 1. The Labute approximate surface area is 107 Å². The van der Waals surface area contributed by atoms with Crippen LogP contribution in [0, 0.1) is 5.92 Å². The third-order valence-corrected chi connectivity index (χ3v) is 3.44. The van der Waals surface area contributed by atoms with Crippen LogP contribution in [0.2, 0.25) is 5.15 Å². The van der Waals surface area contributed by atoms with Crippen molar-refractivity contribution in [3.05, 3.63) is 17.3 Å². The van der Waals surface area contributed by atoms with Crippen molar-refractivity contribution in [2.45, 2.75) is 19.8 Å². The van der Waals surface area contributed by atoms with Crippen LogP contribution in [0.1, 0.15) is 19.8 Å². The van der Waals surface area contributed by atoms with Gasteiger partial charge in [0.25, 0.3) is 0 Å². The lowest BCUT2D eigenvalue weighted by molar-refractivity contribution is 0.199. The Balaban J connectivity index is 1.67. The van der Waals surface area contributed by atoms with E-state index < -0.39 is 0 Å². The molecule has 1 N–H and O–H groups in total. The van der Waals surface area contributed by atoms with Gasteiger partial charge >= 0.3 is 0 Å². The highest BCUT2D eigenvalue weighted by atomic mass is 35.5. The molecule has 1 fully saturated rings. The second kappa shape index (κ2) is 6.17. The highest BCUT2D eigenvalue weighted by Crippen LogP contribution is 2.15. The van der Waals surface area contributed by atoms with Crippen LogP contribution in [0.25, 0.3) is 0 Å². The standard InChI is InChI=1S/C12H19ClN4/c1-10-4-7-17(8-5-10)9-6-14-12-3-2-11(13)15-16-12/h2-3,10H,4-9H2,1H3,(H,14,16). The van der Waals surface area contributed by atoms with Gasteiger partial charge in [0.2, 0.25) is 0 Å². The van der Waals surface area contributed by atoms with Crippen LogP contribution >= 0.6 is 11.6 Å². The molecule has 0 spiro atoms. The van der Waals surface area contributed by atoms with E-state index in [1.807, 2.05) is 6.07 Å². The Morgan fingerprint density at radius 1 is 1.35 bits per heavy atom. The first-order valence-corrected chi connectivity index (χ1v) is 6.57. The fourth-order valence-corrected chi connectivity index (χ4v) is 2.14. The summed E-state index contributed by atoms with van der Waals surface area (Å²) in [6, 6.07) is 3.60. The average molecular weight is 255 g/mol. The first-order valence-electron chi connectivity index (χ1n) is 6.19. The highest BCUT2D eigenvalue weighted by Gasteiger charge is 2.14. The number of anilines is 1. The van der Waals surface area contributed by atoms with Gasteiger partial charge in [0, 0.05) is 13.1 Å². The Bertz CT molecular complexity index is 333. The summed E-state index contributed by atoms with van der Waals surface area (Å²) in [6.45, 7) is 6.74. The molecule has 5 heteroatoms. The highest BCUT2D eigenvalue weighted by molar-refractivity contribution is 6.29. The van der Waals surface area contributed by atoms with Crippen LogP contribution in [0.15, 0.2) is 12.1 Å². The smallest absolute Gasteiger partial charge is 0.151 e. The summed E-state index contributed by atoms with van der Waals surface area (Å²) < 4.78 is 0. The lowest BCUT2D eigenvalue weighted by atomic mass is 9.99. The van der Waals surface area contributed by atoms with E-state index in [1.54, 1.807) is 6.07 Å². The van der Waals surface area contributed by atoms with Gasteiger partial charge in [-0.05, 0) is 44.0 Å². The van der Waals surface area contributed by atoms with E-state index in [9.17, 15) is 0 Å². The molecule has 1 aromatic heterocycles. The van der Waals surface area contributed by atoms with E-state index in [0.29, 0.717) is 5.15 Å². The van der Waals surface area contributed by atoms with Crippen LogP contribution in [-0.2, 0) is 0 Å². The number of hydrogen-bond acceptors (Lipinski definition) is 4. The number of hydrogen-bond donors (Lipinski definition) is 1.